The highest BCUT2D eigenvalue weighted by Crippen LogP contribution is 2.37. The Kier molecular flexibility index (Phi) is 2.33. The molecule has 0 saturated carbocycles. The van der Waals surface area contributed by atoms with Crippen LogP contribution >= 0.6 is 0 Å². The van der Waals surface area contributed by atoms with Gasteiger partial charge in [0, 0.05) is 19.0 Å². The number of nitrogens with zero attached hydrogens (tertiary/aromatic N) is 1. The van der Waals surface area contributed by atoms with Crippen LogP contribution in [0.4, 0.5) is 0 Å². The summed E-state index contributed by atoms with van der Waals surface area (Å²) in [6.07, 6.45) is 4.51. The molecule has 3 aliphatic heterocycles. The maximum absolute atomic E-state index is 12.1. The fourth-order valence-corrected chi connectivity index (χ4v) is 3.60. The third kappa shape index (κ3) is 1.53. The summed E-state index contributed by atoms with van der Waals surface area (Å²) in [6, 6.07) is 0.503. The molecule has 3 nitrogen and oxygen atoms in total. The first-order chi connectivity index (χ1) is 7.25. The molecule has 0 aromatic carbocycles. The zero-order chi connectivity index (χ0) is 10.4. The minimum absolute atomic E-state index is 0.145. The predicted octanol–water partition coefficient (Wildman–Crippen LogP) is 1.22. The van der Waals surface area contributed by atoms with Gasteiger partial charge in [-0.05, 0) is 32.7 Å². The first-order valence-corrected chi connectivity index (χ1v) is 6.18. The van der Waals surface area contributed by atoms with E-state index in [4.69, 9.17) is 4.74 Å². The molecule has 3 saturated heterocycles. The van der Waals surface area contributed by atoms with Crippen LogP contribution in [0.3, 0.4) is 0 Å². The van der Waals surface area contributed by atoms with Crippen LogP contribution in [0.5, 0.6) is 0 Å². The molecule has 0 bridgehead atoms. The second-order valence-electron chi connectivity index (χ2n) is 5.22. The summed E-state index contributed by atoms with van der Waals surface area (Å²) in [6.45, 7) is 4.34. The van der Waals surface area contributed by atoms with Crippen LogP contribution in [0.25, 0.3) is 0 Å². The molecule has 0 aliphatic carbocycles. The van der Waals surface area contributed by atoms with Crippen molar-refractivity contribution in [3.8, 4) is 0 Å². The highest BCUT2D eigenvalue weighted by Gasteiger charge is 2.47. The Hall–Kier alpha value is -0.410. The van der Waals surface area contributed by atoms with Gasteiger partial charge < -0.3 is 4.74 Å². The normalized spacial score (nSPS) is 46.3. The summed E-state index contributed by atoms with van der Waals surface area (Å²) in [4.78, 5) is 14.6. The standard InChI is InChI=1S/C12H19NO2/c1-8-7-10(14)12-9-3-2-5-13(9)6-4-11(12)15-8/h8-9,11-12H,2-7H2,1H3/t8-,9-,11+,12+/m0/s1. The van der Waals surface area contributed by atoms with Crippen LogP contribution in [-0.2, 0) is 9.53 Å². The predicted molar refractivity (Wildman–Crippen MR) is 56.7 cm³/mol. The van der Waals surface area contributed by atoms with Crippen LogP contribution in [0.15, 0.2) is 0 Å². The van der Waals surface area contributed by atoms with Crippen molar-refractivity contribution >= 4 is 5.78 Å². The first kappa shape index (κ1) is 9.79. The second-order valence-corrected chi connectivity index (χ2v) is 5.22. The molecule has 3 aliphatic rings. The fraction of sp³-hybridized carbons (Fsp3) is 0.917. The molecular weight excluding hydrogens is 190 g/mol. The molecular formula is C12H19NO2. The van der Waals surface area contributed by atoms with Gasteiger partial charge in [-0.15, -0.1) is 0 Å². The number of carbonyl (C=O) groups excluding carboxylic acids is 1. The Morgan fingerprint density at radius 1 is 1.33 bits per heavy atom. The number of ether oxygens (including phenoxy) is 1. The Balaban J connectivity index is 1.83. The zero-order valence-corrected chi connectivity index (χ0v) is 9.32. The van der Waals surface area contributed by atoms with Crippen molar-refractivity contribution < 1.29 is 9.53 Å². The third-order valence-electron chi connectivity index (χ3n) is 4.20. The number of carbonyl (C=O) groups is 1. The molecule has 4 atom stereocenters. The molecule has 0 amide bonds. The number of Topliss-reactive ketones (excluding diaryl/α,β-unsaturated/α-hetero) is 1. The Morgan fingerprint density at radius 3 is 3.07 bits per heavy atom. The van der Waals surface area contributed by atoms with Crippen LogP contribution in [0.1, 0.15) is 32.6 Å². The minimum atomic E-state index is 0.145. The van der Waals surface area contributed by atoms with Gasteiger partial charge in [0.15, 0.2) is 0 Å². The lowest BCUT2D eigenvalue weighted by atomic mass is 9.79. The van der Waals surface area contributed by atoms with Crippen molar-refractivity contribution in [3.63, 3.8) is 0 Å². The molecule has 0 aromatic rings. The van der Waals surface area contributed by atoms with Gasteiger partial charge in [-0.25, -0.2) is 0 Å². The first-order valence-electron chi connectivity index (χ1n) is 6.18. The van der Waals surface area contributed by atoms with Gasteiger partial charge in [-0.2, -0.15) is 0 Å². The molecule has 0 N–H and O–H groups in total. The number of fused-ring (bicyclic) bond motifs is 3. The van der Waals surface area contributed by atoms with Crippen LogP contribution in [-0.4, -0.2) is 42.0 Å². The number of rotatable bonds is 0. The lowest BCUT2D eigenvalue weighted by Gasteiger charge is -2.45. The van der Waals surface area contributed by atoms with Crippen LogP contribution < -0.4 is 0 Å². The van der Waals surface area contributed by atoms with Crippen molar-refractivity contribution in [2.24, 2.45) is 5.92 Å². The van der Waals surface area contributed by atoms with Gasteiger partial charge in [0.2, 0.25) is 0 Å². The van der Waals surface area contributed by atoms with Gasteiger partial charge in [-0.1, -0.05) is 0 Å². The third-order valence-corrected chi connectivity index (χ3v) is 4.20. The van der Waals surface area contributed by atoms with E-state index < -0.39 is 0 Å². The van der Waals surface area contributed by atoms with Crippen molar-refractivity contribution in [1.29, 1.82) is 0 Å². The summed E-state index contributed by atoms with van der Waals surface area (Å²) in [5.41, 5.74) is 0. The van der Waals surface area contributed by atoms with Gasteiger partial charge in [0.05, 0.1) is 18.1 Å². The van der Waals surface area contributed by atoms with Gasteiger partial charge >= 0.3 is 0 Å². The van der Waals surface area contributed by atoms with Crippen molar-refractivity contribution in [2.75, 3.05) is 13.1 Å². The van der Waals surface area contributed by atoms with Gasteiger partial charge in [0.1, 0.15) is 5.78 Å². The lowest BCUT2D eigenvalue weighted by molar-refractivity contribution is -0.156. The average molecular weight is 209 g/mol. The van der Waals surface area contributed by atoms with E-state index in [1.165, 1.54) is 19.4 Å². The van der Waals surface area contributed by atoms with E-state index in [-0.39, 0.29) is 18.1 Å². The molecule has 0 unspecified atom stereocenters. The fourth-order valence-electron chi connectivity index (χ4n) is 3.60. The summed E-state index contributed by atoms with van der Waals surface area (Å²) in [5, 5.41) is 0. The number of hydrogen-bond donors (Lipinski definition) is 0. The average Bonchev–Trinajstić information content (AvgIpc) is 2.63. The molecule has 3 rings (SSSR count). The Labute approximate surface area is 90.8 Å². The van der Waals surface area contributed by atoms with Crippen molar-refractivity contribution in [1.82, 2.24) is 4.90 Å². The zero-order valence-electron chi connectivity index (χ0n) is 9.32. The Morgan fingerprint density at radius 2 is 2.20 bits per heavy atom. The minimum Gasteiger partial charge on any atom is -0.374 e. The van der Waals surface area contributed by atoms with Crippen molar-refractivity contribution in [2.45, 2.75) is 50.9 Å². The number of hydrogen-bond acceptors (Lipinski definition) is 3. The molecule has 0 spiro atoms. The van der Waals surface area contributed by atoms with Crippen LogP contribution in [0.2, 0.25) is 0 Å². The Bertz CT molecular complexity index is 279. The van der Waals surface area contributed by atoms with E-state index >= 15 is 0 Å². The smallest absolute Gasteiger partial charge is 0.142 e. The summed E-state index contributed by atoms with van der Waals surface area (Å²) in [5.74, 6) is 0.646. The SMILES string of the molecule is C[C@H]1CC(=O)[C@@H]2[C@@H](CCN3CCC[C@@H]23)O1. The topological polar surface area (TPSA) is 29.5 Å². The maximum Gasteiger partial charge on any atom is 0.142 e. The van der Waals surface area contributed by atoms with E-state index in [1.54, 1.807) is 0 Å². The molecule has 3 heteroatoms. The monoisotopic (exact) mass is 209 g/mol. The molecule has 0 aromatic heterocycles. The van der Waals surface area contributed by atoms with Gasteiger partial charge in [0.25, 0.3) is 0 Å². The summed E-state index contributed by atoms with van der Waals surface area (Å²) in [7, 11) is 0. The number of ketones is 1. The summed E-state index contributed by atoms with van der Waals surface area (Å²) < 4.78 is 5.92. The van der Waals surface area contributed by atoms with E-state index in [0.29, 0.717) is 18.2 Å². The highest BCUT2D eigenvalue weighted by molar-refractivity contribution is 5.83. The molecule has 3 fully saturated rings. The quantitative estimate of drug-likeness (QED) is 0.600. The molecule has 0 radical (unpaired) electrons. The molecule has 15 heavy (non-hydrogen) atoms. The lowest BCUT2D eigenvalue weighted by Crippen LogP contribution is -2.55. The second kappa shape index (κ2) is 3.56. The maximum atomic E-state index is 12.1. The highest BCUT2D eigenvalue weighted by atomic mass is 16.5. The largest absolute Gasteiger partial charge is 0.374 e. The van der Waals surface area contributed by atoms with Gasteiger partial charge in [-0.3, -0.25) is 9.69 Å². The van der Waals surface area contributed by atoms with E-state index in [9.17, 15) is 4.79 Å². The van der Waals surface area contributed by atoms with E-state index in [0.717, 1.165) is 13.0 Å². The van der Waals surface area contributed by atoms with Crippen molar-refractivity contribution in [3.05, 3.63) is 0 Å². The van der Waals surface area contributed by atoms with E-state index in [2.05, 4.69) is 4.90 Å². The van der Waals surface area contributed by atoms with E-state index in [1.807, 2.05) is 6.92 Å². The summed E-state index contributed by atoms with van der Waals surface area (Å²) >= 11 is 0. The molecule has 84 valence electrons. The number of piperidine rings is 1. The molecule has 3 heterocycles. The van der Waals surface area contributed by atoms with Crippen LogP contribution in [0, 0.1) is 5.92 Å².